The molecule has 0 fully saturated rings. The largest absolute Gasteiger partial charge is 0.433 e. The van der Waals surface area contributed by atoms with Gasteiger partial charge < -0.3 is 11.1 Å². The molecule has 0 aliphatic rings. The second kappa shape index (κ2) is 5.61. The van der Waals surface area contributed by atoms with Gasteiger partial charge >= 0.3 is 6.18 Å². The minimum absolute atomic E-state index is 0.0341. The minimum atomic E-state index is -4.56. The van der Waals surface area contributed by atoms with Crippen molar-refractivity contribution in [3.05, 3.63) is 28.3 Å². The molecule has 2 aromatic rings. The zero-order valence-corrected chi connectivity index (χ0v) is 11.3. The molecule has 0 spiro atoms. The molecule has 3 N–H and O–H groups in total. The number of aromatic nitrogens is 3. The highest BCUT2D eigenvalue weighted by Gasteiger charge is 2.33. The van der Waals surface area contributed by atoms with Crippen LogP contribution in [0.15, 0.2) is 17.6 Å². The van der Waals surface area contributed by atoms with Gasteiger partial charge in [0.15, 0.2) is 5.69 Å². The topological polar surface area (TPSA) is 76.7 Å². The van der Waals surface area contributed by atoms with Gasteiger partial charge in [0.25, 0.3) is 0 Å². The molecule has 20 heavy (non-hydrogen) atoms. The van der Waals surface area contributed by atoms with E-state index in [9.17, 15) is 13.2 Å². The van der Waals surface area contributed by atoms with Crippen LogP contribution >= 0.6 is 11.3 Å². The molecule has 0 amide bonds. The van der Waals surface area contributed by atoms with E-state index in [1.54, 1.807) is 11.6 Å². The molecule has 0 aromatic carbocycles. The third-order valence-electron chi connectivity index (χ3n) is 2.51. The highest BCUT2D eigenvalue weighted by Crippen LogP contribution is 2.30. The zero-order chi connectivity index (χ0) is 14.8. The summed E-state index contributed by atoms with van der Waals surface area (Å²) in [4.78, 5) is 11.1. The van der Waals surface area contributed by atoms with Crippen molar-refractivity contribution >= 4 is 23.1 Å². The Morgan fingerprint density at radius 1 is 1.40 bits per heavy atom. The molecule has 0 saturated carbocycles. The molecule has 0 aliphatic carbocycles. The first kappa shape index (κ1) is 14.5. The third-order valence-corrected chi connectivity index (χ3v) is 3.40. The molecule has 9 heteroatoms. The van der Waals surface area contributed by atoms with Gasteiger partial charge in [-0.3, -0.25) is 0 Å². The number of nitrogens with zero attached hydrogens (tertiary/aromatic N) is 3. The van der Waals surface area contributed by atoms with Crippen molar-refractivity contribution in [3.63, 3.8) is 0 Å². The van der Waals surface area contributed by atoms with Crippen LogP contribution in [0.25, 0.3) is 0 Å². The van der Waals surface area contributed by atoms with Crippen molar-refractivity contribution in [1.82, 2.24) is 15.0 Å². The van der Waals surface area contributed by atoms with Crippen LogP contribution in [-0.2, 0) is 6.18 Å². The fraction of sp³-hybridized carbons (Fsp3) is 0.364. The van der Waals surface area contributed by atoms with Crippen molar-refractivity contribution in [2.75, 3.05) is 11.1 Å². The molecule has 1 atom stereocenters. The standard InChI is InChI=1S/C11H12F3N5S/c1-2-6(9-16-3-4-20-9)17-8-5-7(11(12,13)14)18-10(15)19-8/h3-6H,2H2,1H3,(H3,15,17,18,19). The molecule has 0 radical (unpaired) electrons. The van der Waals surface area contributed by atoms with Gasteiger partial charge in [-0.15, -0.1) is 11.3 Å². The molecule has 0 bridgehead atoms. The predicted molar refractivity (Wildman–Crippen MR) is 70.2 cm³/mol. The van der Waals surface area contributed by atoms with Crippen molar-refractivity contribution in [3.8, 4) is 0 Å². The minimum Gasteiger partial charge on any atom is -0.368 e. The zero-order valence-electron chi connectivity index (χ0n) is 10.5. The Kier molecular flexibility index (Phi) is 4.07. The SMILES string of the molecule is CCC(Nc1cc(C(F)(F)F)nc(N)n1)c1nccs1. The predicted octanol–water partition coefficient (Wildman–Crippen LogP) is 3.10. The molecule has 5 nitrogen and oxygen atoms in total. The van der Waals surface area contributed by atoms with Gasteiger partial charge in [-0.1, -0.05) is 6.92 Å². The van der Waals surface area contributed by atoms with E-state index in [-0.39, 0.29) is 11.9 Å². The molecule has 1 unspecified atom stereocenters. The lowest BCUT2D eigenvalue weighted by molar-refractivity contribution is -0.141. The maximum atomic E-state index is 12.7. The van der Waals surface area contributed by atoms with Crippen molar-refractivity contribution in [2.45, 2.75) is 25.6 Å². The number of thiazole rings is 1. The number of hydrogen-bond donors (Lipinski definition) is 2. The quantitative estimate of drug-likeness (QED) is 0.907. The van der Waals surface area contributed by atoms with Gasteiger partial charge in [-0.2, -0.15) is 18.2 Å². The van der Waals surface area contributed by atoms with Crippen LogP contribution in [0.3, 0.4) is 0 Å². The highest BCUT2D eigenvalue weighted by molar-refractivity contribution is 7.09. The van der Waals surface area contributed by atoms with Crippen LogP contribution in [0.4, 0.5) is 24.9 Å². The first-order valence-corrected chi connectivity index (χ1v) is 6.65. The first-order valence-electron chi connectivity index (χ1n) is 5.78. The second-order valence-corrected chi connectivity index (χ2v) is 4.90. The Labute approximate surface area is 117 Å². The summed E-state index contributed by atoms with van der Waals surface area (Å²) in [6.45, 7) is 1.90. The van der Waals surface area contributed by atoms with E-state index in [0.717, 1.165) is 11.1 Å². The van der Waals surface area contributed by atoms with Crippen LogP contribution in [0.5, 0.6) is 0 Å². The lowest BCUT2D eigenvalue weighted by Crippen LogP contribution is -2.15. The van der Waals surface area contributed by atoms with E-state index in [4.69, 9.17) is 5.73 Å². The molecule has 2 aromatic heterocycles. The van der Waals surface area contributed by atoms with Crippen LogP contribution in [0.1, 0.15) is 30.1 Å². The van der Waals surface area contributed by atoms with E-state index < -0.39 is 17.8 Å². The fourth-order valence-electron chi connectivity index (χ4n) is 1.61. The molecular weight excluding hydrogens is 291 g/mol. The monoisotopic (exact) mass is 303 g/mol. The first-order chi connectivity index (χ1) is 9.40. The Hall–Kier alpha value is -1.90. The number of rotatable bonds is 4. The Morgan fingerprint density at radius 2 is 2.15 bits per heavy atom. The van der Waals surface area contributed by atoms with Gasteiger partial charge in [-0.05, 0) is 6.42 Å². The average molecular weight is 303 g/mol. The van der Waals surface area contributed by atoms with Crippen LogP contribution in [0, 0.1) is 0 Å². The summed E-state index contributed by atoms with van der Waals surface area (Å²) in [5, 5.41) is 5.48. The van der Waals surface area contributed by atoms with Gasteiger partial charge in [0.2, 0.25) is 5.95 Å². The van der Waals surface area contributed by atoms with E-state index in [1.807, 2.05) is 6.92 Å². The Morgan fingerprint density at radius 3 is 2.70 bits per heavy atom. The van der Waals surface area contributed by atoms with Crippen LogP contribution < -0.4 is 11.1 Å². The van der Waals surface area contributed by atoms with Gasteiger partial charge in [-0.25, -0.2) is 9.97 Å². The second-order valence-electron chi connectivity index (χ2n) is 3.97. The molecule has 2 heterocycles. The maximum absolute atomic E-state index is 12.7. The van der Waals surface area contributed by atoms with E-state index in [0.29, 0.717) is 6.42 Å². The van der Waals surface area contributed by atoms with E-state index >= 15 is 0 Å². The number of nitrogens with two attached hydrogens (primary N) is 1. The Balaban J connectivity index is 2.27. The highest BCUT2D eigenvalue weighted by atomic mass is 32.1. The summed E-state index contributed by atoms with van der Waals surface area (Å²) in [6, 6.07) is 0.623. The average Bonchev–Trinajstić information content (AvgIpc) is 2.88. The lowest BCUT2D eigenvalue weighted by atomic mass is 10.2. The maximum Gasteiger partial charge on any atom is 0.433 e. The summed E-state index contributed by atoms with van der Waals surface area (Å²) in [5.41, 5.74) is 4.25. The van der Waals surface area contributed by atoms with E-state index in [2.05, 4.69) is 20.3 Å². The summed E-state index contributed by atoms with van der Waals surface area (Å²) < 4.78 is 38.0. The third kappa shape index (κ3) is 3.35. The summed E-state index contributed by atoms with van der Waals surface area (Å²) in [5.74, 6) is -0.386. The van der Waals surface area contributed by atoms with Crippen molar-refractivity contribution in [2.24, 2.45) is 0 Å². The smallest absolute Gasteiger partial charge is 0.368 e. The number of hydrogen-bond acceptors (Lipinski definition) is 6. The molecular formula is C11H12F3N5S. The lowest BCUT2D eigenvalue weighted by Gasteiger charge is -2.16. The van der Waals surface area contributed by atoms with E-state index in [1.165, 1.54) is 11.3 Å². The number of halogens is 3. The summed E-state index contributed by atoms with van der Waals surface area (Å²) in [6.07, 6.45) is -2.27. The number of nitrogen functional groups attached to an aromatic ring is 1. The number of alkyl halides is 3. The van der Waals surface area contributed by atoms with Gasteiger partial charge in [0.05, 0.1) is 6.04 Å². The summed E-state index contributed by atoms with van der Waals surface area (Å²) >= 11 is 1.42. The molecule has 2 rings (SSSR count). The van der Waals surface area contributed by atoms with Gasteiger partial charge in [0.1, 0.15) is 10.8 Å². The number of anilines is 2. The van der Waals surface area contributed by atoms with Gasteiger partial charge in [0, 0.05) is 17.6 Å². The fourth-order valence-corrected chi connectivity index (χ4v) is 2.38. The summed E-state index contributed by atoms with van der Waals surface area (Å²) in [7, 11) is 0. The van der Waals surface area contributed by atoms with Crippen molar-refractivity contribution in [1.29, 1.82) is 0 Å². The molecule has 0 aliphatic heterocycles. The molecule has 0 saturated heterocycles. The number of nitrogens with one attached hydrogen (secondary N) is 1. The van der Waals surface area contributed by atoms with Crippen LogP contribution in [0.2, 0.25) is 0 Å². The Bertz CT molecular complexity index is 570. The van der Waals surface area contributed by atoms with Crippen LogP contribution in [-0.4, -0.2) is 15.0 Å². The normalized spacial score (nSPS) is 13.2. The molecule has 108 valence electrons. The van der Waals surface area contributed by atoms with Crippen molar-refractivity contribution < 1.29 is 13.2 Å².